The predicted octanol–water partition coefficient (Wildman–Crippen LogP) is 3.26. The molecule has 0 unspecified atom stereocenters. The van der Waals surface area contributed by atoms with E-state index in [1.807, 2.05) is 0 Å². The zero-order chi connectivity index (χ0) is 12.8. The number of hydrogen-bond donors (Lipinski definition) is 1. The Hall–Kier alpha value is -1.23. The van der Waals surface area contributed by atoms with Gasteiger partial charge in [0.05, 0.1) is 5.41 Å². The van der Waals surface area contributed by atoms with E-state index in [1.54, 1.807) is 0 Å². The molecule has 1 fully saturated rings. The highest BCUT2D eigenvalue weighted by atomic mass is 35.5. The number of hydrogen-bond acceptors (Lipinski definition) is 1. The van der Waals surface area contributed by atoms with Crippen molar-refractivity contribution in [1.29, 1.82) is 0 Å². The smallest absolute Gasteiger partial charge is 0.314 e. The first kappa shape index (κ1) is 12.2. The molecule has 0 aliphatic heterocycles. The summed E-state index contributed by atoms with van der Waals surface area (Å²) in [6, 6.07) is 0.675. The van der Waals surface area contributed by atoms with Crippen LogP contribution in [0.25, 0.3) is 0 Å². The van der Waals surface area contributed by atoms with Gasteiger partial charge in [-0.1, -0.05) is 18.0 Å². The largest absolute Gasteiger partial charge is 0.481 e. The molecule has 0 amide bonds. The maximum Gasteiger partial charge on any atom is 0.314 e. The van der Waals surface area contributed by atoms with E-state index in [0.29, 0.717) is 12.5 Å². The van der Waals surface area contributed by atoms with Gasteiger partial charge in [0, 0.05) is 5.56 Å². The van der Waals surface area contributed by atoms with Crippen LogP contribution in [0.2, 0.25) is 5.02 Å². The molecule has 0 aromatic heterocycles. The Bertz CT molecular complexity index is 498. The Morgan fingerprint density at radius 2 is 1.88 bits per heavy atom. The Morgan fingerprint density at radius 3 is 2.29 bits per heavy atom. The summed E-state index contributed by atoms with van der Waals surface area (Å²) in [4.78, 5) is 11.1. The molecule has 1 saturated carbocycles. The highest BCUT2D eigenvalue weighted by molar-refractivity contribution is 6.30. The topological polar surface area (TPSA) is 37.3 Å². The molecule has 92 valence electrons. The highest BCUT2D eigenvalue weighted by Crippen LogP contribution is 2.46. The first-order chi connectivity index (χ1) is 7.90. The van der Waals surface area contributed by atoms with E-state index in [1.165, 1.54) is 0 Å². The highest BCUT2D eigenvalue weighted by Gasteiger charge is 2.48. The van der Waals surface area contributed by atoms with E-state index >= 15 is 0 Å². The van der Waals surface area contributed by atoms with Crippen LogP contribution in [0.15, 0.2) is 6.07 Å². The first-order valence-corrected chi connectivity index (χ1v) is 5.35. The molecule has 0 bridgehead atoms. The molecule has 1 aliphatic rings. The van der Waals surface area contributed by atoms with Crippen LogP contribution in [0, 0.1) is 17.5 Å². The lowest BCUT2D eigenvalue weighted by molar-refractivity contribution is -0.147. The minimum absolute atomic E-state index is 0.166. The van der Waals surface area contributed by atoms with E-state index in [9.17, 15) is 18.0 Å². The number of aliphatic carboxylic acids is 1. The lowest BCUT2D eigenvalue weighted by Gasteiger charge is -2.38. The van der Waals surface area contributed by atoms with Crippen molar-refractivity contribution >= 4 is 17.6 Å². The summed E-state index contributed by atoms with van der Waals surface area (Å²) in [7, 11) is 0. The van der Waals surface area contributed by atoms with Crippen molar-refractivity contribution in [3.8, 4) is 0 Å². The zero-order valence-electron chi connectivity index (χ0n) is 8.57. The lowest BCUT2D eigenvalue weighted by Crippen LogP contribution is -2.43. The number of benzene rings is 1. The number of rotatable bonds is 2. The van der Waals surface area contributed by atoms with Gasteiger partial charge < -0.3 is 5.11 Å². The van der Waals surface area contributed by atoms with Crippen LogP contribution in [-0.2, 0) is 10.2 Å². The second kappa shape index (κ2) is 3.91. The Kier molecular flexibility index (Phi) is 2.81. The third-order valence-electron chi connectivity index (χ3n) is 3.23. The predicted molar refractivity (Wildman–Crippen MR) is 54.5 cm³/mol. The van der Waals surface area contributed by atoms with E-state index < -0.39 is 39.4 Å². The second-order valence-corrected chi connectivity index (χ2v) is 4.47. The van der Waals surface area contributed by atoms with E-state index in [0.717, 1.165) is 0 Å². The summed E-state index contributed by atoms with van der Waals surface area (Å²) in [5.41, 5.74) is -1.98. The lowest BCUT2D eigenvalue weighted by atomic mass is 9.64. The summed E-state index contributed by atoms with van der Waals surface area (Å²) < 4.78 is 40.1. The first-order valence-electron chi connectivity index (χ1n) is 4.97. The van der Waals surface area contributed by atoms with Crippen LogP contribution in [0.5, 0.6) is 0 Å². The zero-order valence-corrected chi connectivity index (χ0v) is 9.32. The van der Waals surface area contributed by atoms with E-state index in [2.05, 4.69) is 0 Å². The van der Waals surface area contributed by atoms with Crippen LogP contribution in [0.3, 0.4) is 0 Å². The molecule has 1 N–H and O–H groups in total. The quantitative estimate of drug-likeness (QED) is 0.658. The molecular formula is C11H8ClF3O2. The van der Waals surface area contributed by atoms with Gasteiger partial charge in [-0.3, -0.25) is 4.79 Å². The number of carboxylic acid groups (broad SMARTS) is 1. The van der Waals surface area contributed by atoms with Gasteiger partial charge in [-0.05, 0) is 18.9 Å². The van der Waals surface area contributed by atoms with Gasteiger partial charge in [-0.25, -0.2) is 13.2 Å². The summed E-state index contributed by atoms with van der Waals surface area (Å²) in [5, 5.41) is 8.12. The summed E-state index contributed by atoms with van der Waals surface area (Å²) in [6.07, 6.45) is 0.914. The van der Waals surface area contributed by atoms with Crippen molar-refractivity contribution in [3.05, 3.63) is 34.1 Å². The third-order valence-corrected chi connectivity index (χ3v) is 3.58. The molecule has 2 rings (SSSR count). The summed E-state index contributed by atoms with van der Waals surface area (Å²) in [6.45, 7) is 0. The van der Waals surface area contributed by atoms with Gasteiger partial charge in [0.15, 0.2) is 11.6 Å². The Morgan fingerprint density at radius 1 is 1.29 bits per heavy atom. The summed E-state index contributed by atoms with van der Waals surface area (Å²) in [5.74, 6) is -5.33. The van der Waals surface area contributed by atoms with Gasteiger partial charge in [-0.15, -0.1) is 0 Å². The van der Waals surface area contributed by atoms with Crippen LogP contribution in [0.1, 0.15) is 24.8 Å². The van der Waals surface area contributed by atoms with Crippen LogP contribution < -0.4 is 0 Å². The average molecular weight is 265 g/mol. The standard InChI is InChI=1S/C11H8ClF3O2/c12-7-6(13)4-5(8(14)9(7)15)11(10(16)17)2-1-3-11/h4H,1-3H2,(H,16,17). The SMILES string of the molecule is O=C(O)C1(c2cc(F)c(Cl)c(F)c2F)CCC1. The maximum atomic E-state index is 13.6. The Balaban J connectivity index is 2.64. The molecule has 2 nitrogen and oxygen atoms in total. The van der Waals surface area contributed by atoms with Gasteiger partial charge in [0.1, 0.15) is 10.8 Å². The van der Waals surface area contributed by atoms with Crippen LogP contribution >= 0.6 is 11.6 Å². The van der Waals surface area contributed by atoms with Crippen molar-refractivity contribution in [1.82, 2.24) is 0 Å². The minimum Gasteiger partial charge on any atom is -0.481 e. The molecule has 0 saturated heterocycles. The van der Waals surface area contributed by atoms with Crippen molar-refractivity contribution in [3.63, 3.8) is 0 Å². The normalized spacial score (nSPS) is 17.6. The fourth-order valence-corrected chi connectivity index (χ4v) is 2.19. The van der Waals surface area contributed by atoms with E-state index in [-0.39, 0.29) is 12.8 Å². The van der Waals surface area contributed by atoms with Gasteiger partial charge in [0.25, 0.3) is 0 Å². The molecule has 0 spiro atoms. The minimum atomic E-state index is -1.53. The van der Waals surface area contributed by atoms with Crippen LogP contribution in [-0.4, -0.2) is 11.1 Å². The third kappa shape index (κ3) is 1.60. The molecule has 1 aromatic rings. The molecule has 0 radical (unpaired) electrons. The van der Waals surface area contributed by atoms with Crippen molar-refractivity contribution in [2.45, 2.75) is 24.7 Å². The molecule has 17 heavy (non-hydrogen) atoms. The second-order valence-electron chi connectivity index (χ2n) is 4.09. The van der Waals surface area contributed by atoms with Crippen molar-refractivity contribution < 1.29 is 23.1 Å². The number of carboxylic acids is 1. The fourth-order valence-electron chi connectivity index (χ4n) is 2.05. The van der Waals surface area contributed by atoms with Crippen molar-refractivity contribution in [2.24, 2.45) is 0 Å². The molecule has 0 atom stereocenters. The number of halogens is 4. The number of carbonyl (C=O) groups is 1. The van der Waals surface area contributed by atoms with Gasteiger partial charge >= 0.3 is 5.97 Å². The monoisotopic (exact) mass is 264 g/mol. The molecular weight excluding hydrogens is 257 g/mol. The van der Waals surface area contributed by atoms with Crippen LogP contribution in [0.4, 0.5) is 13.2 Å². The molecule has 1 aliphatic carbocycles. The summed E-state index contributed by atoms with van der Waals surface area (Å²) >= 11 is 5.21. The van der Waals surface area contributed by atoms with Crippen molar-refractivity contribution in [2.75, 3.05) is 0 Å². The molecule has 6 heteroatoms. The fraction of sp³-hybridized carbons (Fsp3) is 0.364. The molecule has 1 aromatic carbocycles. The average Bonchev–Trinajstić information content (AvgIpc) is 2.20. The van der Waals surface area contributed by atoms with Gasteiger partial charge in [-0.2, -0.15) is 0 Å². The van der Waals surface area contributed by atoms with E-state index in [4.69, 9.17) is 16.7 Å². The van der Waals surface area contributed by atoms with Gasteiger partial charge in [0.2, 0.25) is 0 Å². The Labute approximate surface area is 100 Å². The maximum absolute atomic E-state index is 13.6. The molecule has 0 heterocycles.